The highest BCUT2D eigenvalue weighted by Gasteiger charge is 2.25. The summed E-state index contributed by atoms with van der Waals surface area (Å²) in [7, 11) is 0. The SMILES string of the molecule is CC1CCC(C)C(Nc2ccc(OC3CCCC3)cc2)C1. The molecule has 116 valence electrons. The number of nitrogens with one attached hydrogen (secondary N) is 1. The van der Waals surface area contributed by atoms with Gasteiger partial charge in [0.15, 0.2) is 0 Å². The topological polar surface area (TPSA) is 21.3 Å². The van der Waals surface area contributed by atoms with Gasteiger partial charge >= 0.3 is 0 Å². The van der Waals surface area contributed by atoms with E-state index in [1.807, 2.05) is 0 Å². The average molecular weight is 287 g/mol. The maximum Gasteiger partial charge on any atom is 0.119 e. The summed E-state index contributed by atoms with van der Waals surface area (Å²) in [6.45, 7) is 4.75. The largest absolute Gasteiger partial charge is 0.490 e. The first-order chi connectivity index (χ1) is 10.2. The minimum absolute atomic E-state index is 0.447. The minimum Gasteiger partial charge on any atom is -0.490 e. The van der Waals surface area contributed by atoms with Crippen LogP contribution < -0.4 is 10.1 Å². The fraction of sp³-hybridized carbons (Fsp3) is 0.684. The Morgan fingerprint density at radius 1 is 0.952 bits per heavy atom. The highest BCUT2D eigenvalue weighted by molar-refractivity contribution is 5.47. The van der Waals surface area contributed by atoms with Crippen molar-refractivity contribution < 1.29 is 4.74 Å². The Morgan fingerprint density at radius 3 is 2.38 bits per heavy atom. The molecule has 1 aromatic carbocycles. The van der Waals surface area contributed by atoms with Gasteiger partial charge in [-0.1, -0.05) is 20.3 Å². The van der Waals surface area contributed by atoms with Crippen LogP contribution in [0.4, 0.5) is 5.69 Å². The van der Waals surface area contributed by atoms with E-state index in [-0.39, 0.29) is 0 Å². The molecule has 21 heavy (non-hydrogen) atoms. The fourth-order valence-electron chi connectivity index (χ4n) is 3.78. The third kappa shape index (κ3) is 3.93. The molecule has 2 fully saturated rings. The van der Waals surface area contributed by atoms with Crippen LogP contribution in [0.2, 0.25) is 0 Å². The average Bonchev–Trinajstić information content (AvgIpc) is 2.98. The lowest BCUT2D eigenvalue weighted by atomic mass is 9.80. The molecule has 0 heterocycles. The highest BCUT2D eigenvalue weighted by Crippen LogP contribution is 2.31. The summed E-state index contributed by atoms with van der Waals surface area (Å²) in [5, 5.41) is 3.73. The second-order valence-electron chi connectivity index (χ2n) is 7.20. The molecule has 2 aliphatic rings. The number of rotatable bonds is 4. The lowest BCUT2D eigenvalue weighted by Gasteiger charge is -2.34. The summed E-state index contributed by atoms with van der Waals surface area (Å²) in [6.07, 6.45) is 9.55. The van der Waals surface area contributed by atoms with Crippen molar-refractivity contribution in [3.8, 4) is 5.75 Å². The van der Waals surface area contributed by atoms with Crippen LogP contribution in [0.15, 0.2) is 24.3 Å². The maximum absolute atomic E-state index is 6.03. The van der Waals surface area contributed by atoms with E-state index in [1.165, 1.54) is 50.6 Å². The molecule has 3 unspecified atom stereocenters. The van der Waals surface area contributed by atoms with Gasteiger partial charge in [-0.3, -0.25) is 0 Å². The molecule has 2 saturated carbocycles. The molecule has 1 N–H and O–H groups in total. The zero-order valence-corrected chi connectivity index (χ0v) is 13.5. The van der Waals surface area contributed by atoms with Gasteiger partial charge in [0.05, 0.1) is 6.10 Å². The Bertz CT molecular complexity index is 435. The molecule has 2 heteroatoms. The molecule has 3 atom stereocenters. The van der Waals surface area contributed by atoms with Crippen molar-refractivity contribution in [1.29, 1.82) is 0 Å². The van der Waals surface area contributed by atoms with Crippen molar-refractivity contribution in [1.82, 2.24) is 0 Å². The molecule has 2 aliphatic carbocycles. The lowest BCUT2D eigenvalue weighted by Crippen LogP contribution is -2.33. The van der Waals surface area contributed by atoms with Crippen LogP contribution in [0.3, 0.4) is 0 Å². The molecular formula is C19H29NO. The summed E-state index contributed by atoms with van der Waals surface area (Å²) < 4.78 is 6.03. The Balaban J connectivity index is 1.56. The lowest BCUT2D eigenvalue weighted by molar-refractivity contribution is 0.210. The second-order valence-corrected chi connectivity index (χ2v) is 7.20. The zero-order chi connectivity index (χ0) is 14.7. The number of benzene rings is 1. The first-order valence-electron chi connectivity index (χ1n) is 8.74. The van der Waals surface area contributed by atoms with Gasteiger partial charge in [-0.25, -0.2) is 0 Å². The van der Waals surface area contributed by atoms with Gasteiger partial charge in [-0.05, 0) is 74.6 Å². The number of hydrogen-bond acceptors (Lipinski definition) is 2. The number of anilines is 1. The predicted molar refractivity (Wildman–Crippen MR) is 88.9 cm³/mol. The van der Waals surface area contributed by atoms with E-state index >= 15 is 0 Å². The fourth-order valence-corrected chi connectivity index (χ4v) is 3.78. The molecule has 2 nitrogen and oxygen atoms in total. The minimum atomic E-state index is 0.447. The molecule has 0 bridgehead atoms. The van der Waals surface area contributed by atoms with Crippen LogP contribution >= 0.6 is 0 Å². The van der Waals surface area contributed by atoms with Gasteiger partial charge in [-0.2, -0.15) is 0 Å². The molecule has 0 amide bonds. The van der Waals surface area contributed by atoms with Gasteiger partial charge in [0.2, 0.25) is 0 Å². The summed E-state index contributed by atoms with van der Waals surface area (Å²) in [4.78, 5) is 0. The summed E-state index contributed by atoms with van der Waals surface area (Å²) in [5.41, 5.74) is 1.24. The van der Waals surface area contributed by atoms with Gasteiger partial charge in [-0.15, -0.1) is 0 Å². The first kappa shape index (κ1) is 14.7. The standard InChI is InChI=1S/C19H29NO/c1-14-7-8-15(2)19(13-14)20-16-9-11-18(12-10-16)21-17-5-3-4-6-17/h9-12,14-15,17,19-20H,3-8,13H2,1-2H3. The Kier molecular flexibility index (Phi) is 4.72. The Labute approximate surface area is 129 Å². The molecular weight excluding hydrogens is 258 g/mol. The number of ether oxygens (including phenoxy) is 1. The summed E-state index contributed by atoms with van der Waals surface area (Å²) >= 11 is 0. The molecule has 0 aliphatic heterocycles. The normalized spacial score (nSPS) is 30.3. The van der Waals surface area contributed by atoms with E-state index in [0.29, 0.717) is 12.1 Å². The Hall–Kier alpha value is -1.18. The van der Waals surface area contributed by atoms with Gasteiger partial charge in [0.25, 0.3) is 0 Å². The van der Waals surface area contributed by atoms with Crippen molar-refractivity contribution in [2.45, 2.75) is 70.9 Å². The van der Waals surface area contributed by atoms with Crippen LogP contribution in [-0.2, 0) is 0 Å². The van der Waals surface area contributed by atoms with Crippen molar-refractivity contribution in [2.75, 3.05) is 5.32 Å². The molecule has 0 spiro atoms. The van der Waals surface area contributed by atoms with E-state index in [2.05, 4.69) is 43.4 Å². The summed E-state index contributed by atoms with van der Waals surface area (Å²) in [6, 6.07) is 9.22. The molecule has 0 saturated heterocycles. The van der Waals surface area contributed by atoms with E-state index in [4.69, 9.17) is 4.74 Å². The van der Waals surface area contributed by atoms with Crippen LogP contribution in [0.25, 0.3) is 0 Å². The van der Waals surface area contributed by atoms with Gasteiger partial charge in [0, 0.05) is 11.7 Å². The van der Waals surface area contributed by atoms with Crippen molar-refractivity contribution in [2.24, 2.45) is 11.8 Å². The monoisotopic (exact) mass is 287 g/mol. The van der Waals surface area contributed by atoms with Crippen LogP contribution in [-0.4, -0.2) is 12.1 Å². The van der Waals surface area contributed by atoms with Crippen molar-refractivity contribution in [3.05, 3.63) is 24.3 Å². The molecule has 1 aromatic rings. The number of hydrogen-bond donors (Lipinski definition) is 1. The van der Waals surface area contributed by atoms with E-state index < -0.39 is 0 Å². The Morgan fingerprint density at radius 2 is 1.67 bits per heavy atom. The van der Waals surface area contributed by atoms with Crippen molar-refractivity contribution in [3.63, 3.8) is 0 Å². The van der Waals surface area contributed by atoms with E-state index in [0.717, 1.165) is 17.6 Å². The van der Waals surface area contributed by atoms with Crippen LogP contribution in [0, 0.1) is 11.8 Å². The van der Waals surface area contributed by atoms with Crippen LogP contribution in [0.5, 0.6) is 5.75 Å². The first-order valence-corrected chi connectivity index (χ1v) is 8.74. The third-order valence-corrected chi connectivity index (χ3v) is 5.27. The second kappa shape index (κ2) is 6.72. The summed E-state index contributed by atoms with van der Waals surface area (Å²) in [5.74, 6) is 2.65. The molecule has 0 radical (unpaired) electrons. The quantitative estimate of drug-likeness (QED) is 0.817. The van der Waals surface area contributed by atoms with Gasteiger partial charge < -0.3 is 10.1 Å². The van der Waals surface area contributed by atoms with Gasteiger partial charge in [0.1, 0.15) is 5.75 Å². The zero-order valence-electron chi connectivity index (χ0n) is 13.5. The van der Waals surface area contributed by atoms with Crippen molar-refractivity contribution >= 4 is 5.69 Å². The smallest absolute Gasteiger partial charge is 0.119 e. The third-order valence-electron chi connectivity index (χ3n) is 5.27. The van der Waals surface area contributed by atoms with E-state index in [9.17, 15) is 0 Å². The predicted octanol–water partition coefficient (Wildman–Crippen LogP) is 5.24. The maximum atomic E-state index is 6.03. The molecule has 0 aromatic heterocycles. The molecule has 3 rings (SSSR count). The highest BCUT2D eigenvalue weighted by atomic mass is 16.5. The van der Waals surface area contributed by atoms with Crippen LogP contribution in [0.1, 0.15) is 58.8 Å². The van der Waals surface area contributed by atoms with E-state index in [1.54, 1.807) is 0 Å².